The number of carbonyl (C=O) groups is 4. The molecule has 1 fully saturated rings. The van der Waals surface area contributed by atoms with Gasteiger partial charge in [0.05, 0.1) is 26.2 Å². The second kappa shape index (κ2) is 11.6. The van der Waals surface area contributed by atoms with E-state index in [1.807, 2.05) is 18.2 Å². The van der Waals surface area contributed by atoms with E-state index in [-0.39, 0.29) is 62.1 Å². The lowest BCUT2D eigenvalue weighted by atomic mass is 9.73. The molecule has 3 amide bonds. The Balaban J connectivity index is 1.16. The zero-order valence-electron chi connectivity index (χ0n) is 24.9. The van der Waals surface area contributed by atoms with Crippen molar-refractivity contribution >= 4 is 23.5 Å². The van der Waals surface area contributed by atoms with Crippen LogP contribution in [-0.4, -0.2) is 79.2 Å². The maximum absolute atomic E-state index is 14.4. The van der Waals surface area contributed by atoms with Crippen molar-refractivity contribution in [1.29, 1.82) is 0 Å². The average molecular weight is 612 g/mol. The predicted octanol–water partition coefficient (Wildman–Crippen LogP) is 3.54. The number of hydrogen-bond acceptors (Lipinski definition) is 6. The minimum Gasteiger partial charge on any atom is -0.490 e. The van der Waals surface area contributed by atoms with Crippen LogP contribution in [0.4, 0.5) is 4.39 Å². The first-order chi connectivity index (χ1) is 21.8. The first-order valence-corrected chi connectivity index (χ1v) is 15.4. The van der Waals surface area contributed by atoms with Crippen molar-refractivity contribution < 1.29 is 33.0 Å². The average Bonchev–Trinajstić information content (AvgIpc) is 3.63. The lowest BCUT2D eigenvalue weighted by Crippen LogP contribution is -2.50. The van der Waals surface area contributed by atoms with Crippen molar-refractivity contribution in [2.45, 2.75) is 31.6 Å². The molecule has 1 N–H and O–H groups in total. The molecule has 3 aromatic carbocycles. The summed E-state index contributed by atoms with van der Waals surface area (Å²) >= 11 is 0. The molecular formula is C35H34FN3O6. The van der Waals surface area contributed by atoms with Crippen molar-refractivity contribution in [3.63, 3.8) is 0 Å². The molecule has 5 aliphatic rings. The van der Waals surface area contributed by atoms with Gasteiger partial charge in [-0.05, 0) is 42.2 Å². The van der Waals surface area contributed by atoms with E-state index < -0.39 is 11.2 Å². The molecule has 10 heteroatoms. The molecule has 9 nitrogen and oxygen atoms in total. The number of hydrogen-bond donors (Lipinski definition) is 1. The van der Waals surface area contributed by atoms with Crippen LogP contribution in [0.1, 0.15) is 56.2 Å². The number of carbonyl (C=O) groups excluding carboxylic acids is 4. The van der Waals surface area contributed by atoms with Gasteiger partial charge < -0.3 is 24.6 Å². The molecular weight excluding hydrogens is 577 g/mol. The number of fused-ring (bicyclic) bond motifs is 10. The molecule has 1 saturated heterocycles. The lowest BCUT2D eigenvalue weighted by Gasteiger charge is -2.40. The summed E-state index contributed by atoms with van der Waals surface area (Å²) in [6.45, 7) is 1.60. The summed E-state index contributed by atoms with van der Waals surface area (Å²) in [5.74, 6) is -0.138. The van der Waals surface area contributed by atoms with Crippen molar-refractivity contribution in [3.8, 4) is 11.5 Å². The van der Waals surface area contributed by atoms with E-state index in [9.17, 15) is 23.6 Å². The number of amides is 3. The summed E-state index contributed by atoms with van der Waals surface area (Å²) in [6.07, 6.45) is 1.29. The number of para-hydroxylation sites is 1. The van der Waals surface area contributed by atoms with E-state index in [1.165, 1.54) is 11.0 Å². The van der Waals surface area contributed by atoms with E-state index in [1.54, 1.807) is 41.3 Å². The Morgan fingerprint density at radius 1 is 0.978 bits per heavy atom. The third-order valence-electron chi connectivity index (χ3n) is 9.59. The van der Waals surface area contributed by atoms with Gasteiger partial charge in [-0.3, -0.25) is 19.2 Å². The zero-order chi connectivity index (χ0) is 31.1. The number of nitrogens with one attached hydrogen (secondary N) is 1. The monoisotopic (exact) mass is 611 g/mol. The van der Waals surface area contributed by atoms with Gasteiger partial charge >= 0.3 is 0 Å². The Labute approximate surface area is 260 Å². The molecule has 0 aromatic heterocycles. The number of ether oxygens (including phenoxy) is 2. The van der Waals surface area contributed by atoms with Gasteiger partial charge in [-0.25, -0.2) is 4.39 Å². The molecule has 1 aliphatic carbocycles. The summed E-state index contributed by atoms with van der Waals surface area (Å²) in [5.41, 5.74) is 2.39. The van der Waals surface area contributed by atoms with E-state index >= 15 is 0 Å². The van der Waals surface area contributed by atoms with Gasteiger partial charge in [-0.15, -0.1) is 0 Å². The van der Waals surface area contributed by atoms with E-state index in [0.717, 1.165) is 11.1 Å². The van der Waals surface area contributed by atoms with Gasteiger partial charge in [-0.2, -0.15) is 0 Å². The Bertz CT molecular complexity index is 1710. The van der Waals surface area contributed by atoms with Crippen LogP contribution >= 0.6 is 0 Å². The number of benzene rings is 3. The third kappa shape index (κ3) is 5.32. The fourth-order valence-corrected chi connectivity index (χ4v) is 7.23. The van der Waals surface area contributed by atoms with Crippen LogP contribution in [0.15, 0.2) is 60.7 Å². The van der Waals surface area contributed by atoms with Gasteiger partial charge in [-0.1, -0.05) is 42.5 Å². The van der Waals surface area contributed by atoms with Gasteiger partial charge in [0.15, 0.2) is 17.3 Å². The largest absolute Gasteiger partial charge is 0.490 e. The summed E-state index contributed by atoms with van der Waals surface area (Å²) in [6, 6.07) is 17.2. The van der Waals surface area contributed by atoms with Crippen molar-refractivity contribution in [2.24, 2.45) is 5.41 Å². The number of nitrogens with zero attached hydrogens (tertiary/aromatic N) is 2. The van der Waals surface area contributed by atoms with Crippen molar-refractivity contribution in [3.05, 3.63) is 94.3 Å². The summed E-state index contributed by atoms with van der Waals surface area (Å²) in [4.78, 5) is 56.3. The summed E-state index contributed by atoms with van der Waals surface area (Å²) < 4.78 is 26.9. The smallest absolute Gasteiger partial charge is 0.254 e. The summed E-state index contributed by atoms with van der Waals surface area (Å²) in [5, 5.41) is 3.05. The van der Waals surface area contributed by atoms with Crippen molar-refractivity contribution in [1.82, 2.24) is 15.1 Å². The van der Waals surface area contributed by atoms with Gasteiger partial charge in [0.2, 0.25) is 11.8 Å². The minimum atomic E-state index is -0.633. The Morgan fingerprint density at radius 3 is 2.69 bits per heavy atom. The first kappa shape index (κ1) is 29.0. The molecule has 0 unspecified atom stereocenters. The van der Waals surface area contributed by atoms with Crippen LogP contribution in [0.5, 0.6) is 11.5 Å². The van der Waals surface area contributed by atoms with Gasteiger partial charge in [0.1, 0.15) is 5.82 Å². The number of halogens is 1. The topological polar surface area (TPSA) is 105 Å². The van der Waals surface area contributed by atoms with Crippen LogP contribution in [0, 0.1) is 11.2 Å². The third-order valence-corrected chi connectivity index (χ3v) is 9.59. The summed E-state index contributed by atoms with van der Waals surface area (Å²) in [7, 11) is 0. The second-order valence-electron chi connectivity index (χ2n) is 12.4. The minimum absolute atomic E-state index is 0.0272. The molecule has 0 radical (unpaired) electrons. The number of likely N-dealkylation sites (tertiary alicyclic amines) is 1. The quantitative estimate of drug-likeness (QED) is 0.486. The number of Topliss-reactive ketones (excluding diaryl/α,β-unsaturated/α-hetero) is 1. The second-order valence-corrected chi connectivity index (χ2v) is 12.4. The molecule has 4 bridgehead atoms. The van der Waals surface area contributed by atoms with Gasteiger partial charge in [0, 0.05) is 60.6 Å². The predicted molar refractivity (Wildman–Crippen MR) is 162 cm³/mol. The van der Waals surface area contributed by atoms with E-state index in [0.29, 0.717) is 67.1 Å². The molecule has 2 atom stereocenters. The highest BCUT2D eigenvalue weighted by atomic mass is 19.1. The lowest BCUT2D eigenvalue weighted by molar-refractivity contribution is -0.130. The molecule has 4 aliphatic heterocycles. The van der Waals surface area contributed by atoms with E-state index in [2.05, 4.69) is 5.32 Å². The Kier molecular flexibility index (Phi) is 7.51. The fraction of sp³-hybridized carbons (Fsp3) is 0.371. The molecule has 0 saturated carbocycles. The molecule has 232 valence electrons. The fourth-order valence-electron chi connectivity index (χ4n) is 7.23. The van der Waals surface area contributed by atoms with Crippen LogP contribution < -0.4 is 14.8 Å². The molecule has 1 spiro atoms. The molecule has 45 heavy (non-hydrogen) atoms. The highest BCUT2D eigenvalue weighted by molar-refractivity contribution is 6.06. The van der Waals surface area contributed by atoms with Crippen LogP contribution in [0.2, 0.25) is 0 Å². The van der Waals surface area contributed by atoms with Gasteiger partial charge in [0.25, 0.3) is 5.91 Å². The zero-order valence-corrected chi connectivity index (χ0v) is 24.9. The molecule has 8 rings (SSSR count). The van der Waals surface area contributed by atoms with Crippen LogP contribution in [0.25, 0.3) is 0 Å². The van der Waals surface area contributed by atoms with E-state index in [4.69, 9.17) is 9.47 Å². The SMILES string of the molecule is O=C1CN(C(=O)c2cccc3c2CCC3=O)CCCOc2cccc3c2OC[C@@]2(CN1)CN(C(=O)Cc1ccccc1F)C[C@@H]32. The Morgan fingerprint density at radius 2 is 1.82 bits per heavy atom. The molecule has 3 aromatic rings. The highest BCUT2D eigenvalue weighted by Gasteiger charge is 2.53. The van der Waals surface area contributed by atoms with Crippen LogP contribution in [0.3, 0.4) is 0 Å². The first-order valence-electron chi connectivity index (χ1n) is 15.4. The highest BCUT2D eigenvalue weighted by Crippen LogP contribution is 2.52. The number of ketones is 1. The molecule has 4 heterocycles. The Hall–Kier alpha value is -4.73. The maximum atomic E-state index is 14.4. The van der Waals surface area contributed by atoms with Crippen molar-refractivity contribution in [2.75, 3.05) is 45.9 Å². The number of rotatable bonds is 3. The van der Waals surface area contributed by atoms with Crippen LogP contribution in [-0.2, 0) is 22.4 Å². The standard InChI is InChI=1S/C35H34FN3O6/c36-28-10-2-1-6-22(28)16-32(42)39-17-27-26-9-4-11-30-33(26)45-21-35(27,20-39)19-37-31(41)18-38(14-5-15-44-30)34(43)25-8-3-7-24-23(25)12-13-29(24)40/h1-4,6-11,27H,5,12-21H2,(H,37,41)/t27-,35+/m0/s1. The normalized spacial score (nSPS) is 22.6. The maximum Gasteiger partial charge on any atom is 0.254 e.